The molecule has 422 valence electrons. The van der Waals surface area contributed by atoms with Crippen LogP contribution in [0.3, 0.4) is 0 Å². The lowest BCUT2D eigenvalue weighted by Gasteiger charge is -2.36. The molecule has 0 saturated heterocycles. The number of aryl methyl sites for hydroxylation is 4. The van der Waals surface area contributed by atoms with Crippen LogP contribution in [0.5, 0.6) is 0 Å². The van der Waals surface area contributed by atoms with Crippen LogP contribution in [-0.4, -0.2) is 0 Å². The molecule has 4 nitrogen and oxygen atoms in total. The zero-order valence-electron chi connectivity index (χ0n) is 49.9. The number of hydrogen-bond donors (Lipinski definition) is 0. The van der Waals surface area contributed by atoms with E-state index < -0.39 is 5.41 Å². The Balaban J connectivity index is 0.995. The van der Waals surface area contributed by atoms with E-state index in [0.29, 0.717) is 0 Å². The van der Waals surface area contributed by atoms with Gasteiger partial charge in [-0.15, -0.1) is 0 Å². The van der Waals surface area contributed by atoms with Gasteiger partial charge < -0.3 is 18.6 Å². The molecule has 89 heavy (non-hydrogen) atoms. The number of fused-ring (bicyclic) bond motifs is 13. The molecule has 16 aromatic rings. The summed E-state index contributed by atoms with van der Waals surface area (Å²) in [4.78, 5) is 4.96. The Morgan fingerprint density at radius 1 is 0.258 bits per heavy atom. The minimum Gasteiger partial charge on any atom is -0.453 e. The maximum Gasteiger partial charge on any atom is 0.159 e. The molecule has 1 aliphatic rings. The summed E-state index contributed by atoms with van der Waals surface area (Å²) in [5.41, 5.74) is 25.0. The van der Waals surface area contributed by atoms with Crippen LogP contribution in [-0.2, 0) is 5.41 Å². The van der Waals surface area contributed by atoms with Gasteiger partial charge in [0.25, 0.3) is 0 Å². The van der Waals surface area contributed by atoms with Crippen molar-refractivity contribution in [2.75, 3.05) is 9.80 Å². The Hall–Kier alpha value is -11.2. The molecule has 0 radical (unpaired) electrons. The number of rotatable bonds is 10. The van der Waals surface area contributed by atoms with E-state index in [9.17, 15) is 0 Å². The van der Waals surface area contributed by atoms with Gasteiger partial charge in [0.15, 0.2) is 11.2 Å². The van der Waals surface area contributed by atoms with Gasteiger partial charge in [-0.25, -0.2) is 0 Å². The predicted molar refractivity (Wildman–Crippen MR) is 373 cm³/mol. The topological polar surface area (TPSA) is 32.8 Å². The smallest absolute Gasteiger partial charge is 0.159 e. The number of anilines is 6. The molecule has 2 heterocycles. The van der Waals surface area contributed by atoms with Gasteiger partial charge in [-0.1, -0.05) is 243 Å². The van der Waals surface area contributed by atoms with Crippen LogP contribution >= 0.6 is 0 Å². The van der Waals surface area contributed by atoms with Crippen LogP contribution < -0.4 is 9.80 Å². The van der Waals surface area contributed by atoms with E-state index in [2.05, 4.69) is 329 Å². The molecule has 1 aliphatic carbocycles. The average Bonchev–Trinajstić information content (AvgIpc) is 1.55. The maximum absolute atomic E-state index is 7.37. The largest absolute Gasteiger partial charge is 0.453 e. The molecule has 14 aromatic carbocycles. The summed E-state index contributed by atoms with van der Waals surface area (Å²) in [5, 5.41) is 8.86. The Kier molecular flexibility index (Phi) is 12.0. The first-order valence-corrected chi connectivity index (χ1v) is 30.8. The third kappa shape index (κ3) is 7.93. The van der Waals surface area contributed by atoms with Gasteiger partial charge >= 0.3 is 0 Å². The third-order valence-electron chi connectivity index (χ3n) is 19.2. The first kappa shape index (κ1) is 52.2. The van der Waals surface area contributed by atoms with Crippen LogP contribution in [0.4, 0.5) is 34.1 Å². The summed E-state index contributed by atoms with van der Waals surface area (Å²) < 4.78 is 14.7. The molecule has 0 unspecified atom stereocenters. The van der Waals surface area contributed by atoms with E-state index in [1.807, 2.05) is 0 Å². The molecule has 0 atom stereocenters. The standard InChI is InChI=1S/C85H60N2O2/c1-53-45-47-61(49-55(53)3)86(75-43-23-41-71-69-39-21-37-63(81(69)88-83(71)75)57-25-9-5-10-26-57)77-51-73-79(67-35-19-17-33-65(67)77)80-68-36-20-18-34-66(68)78(52-74(80)85(73,59-29-13-7-14-30-59)60-31-15-8-16-32-60)87(62-48-46-54(2)56(4)50-62)76-44-24-42-72-70-40-22-38-64(82(70)89-84(72)76)58-27-11-6-12-28-58/h5-52H,1-4H3. The minimum absolute atomic E-state index is 0.826. The normalized spacial score (nSPS) is 12.6. The van der Waals surface area contributed by atoms with Gasteiger partial charge in [0.05, 0.1) is 28.2 Å². The Morgan fingerprint density at radius 3 is 0.989 bits per heavy atom. The van der Waals surface area contributed by atoms with E-state index in [0.717, 1.165) is 122 Å². The molecule has 2 aromatic heterocycles. The fraction of sp³-hybridized carbons (Fsp3) is 0.0588. The lowest BCUT2D eigenvalue weighted by molar-refractivity contribution is 0.670. The van der Waals surface area contributed by atoms with Gasteiger partial charge in [0, 0.05) is 54.8 Å². The second kappa shape index (κ2) is 20.5. The minimum atomic E-state index is -0.861. The number of furan rings is 2. The summed E-state index contributed by atoms with van der Waals surface area (Å²) in [6.07, 6.45) is 0. The number of hydrogen-bond acceptors (Lipinski definition) is 4. The maximum atomic E-state index is 7.37. The van der Waals surface area contributed by atoms with Crippen molar-refractivity contribution in [3.05, 3.63) is 336 Å². The van der Waals surface area contributed by atoms with E-state index >= 15 is 0 Å². The van der Waals surface area contributed by atoms with E-state index in [1.165, 1.54) is 55.6 Å². The molecule has 0 spiro atoms. The second-order valence-corrected chi connectivity index (χ2v) is 24.0. The lowest BCUT2D eigenvalue weighted by Crippen LogP contribution is -2.29. The SMILES string of the molecule is Cc1ccc(N(c2cc3c(c4ccccc24)-c2c(cc(N(c4ccc(C)c(C)c4)c4cccc5c4oc4c(-c6ccccc6)cccc45)c4ccccc24)C3(c2ccccc2)c2ccccc2)c2cccc3c2oc2c(-c4ccccc4)cccc23)cc1C. The Morgan fingerprint density at radius 2 is 0.596 bits per heavy atom. The number of para-hydroxylation sites is 4. The predicted octanol–water partition coefficient (Wildman–Crippen LogP) is 23.7. The molecular formula is C85H60N2O2. The van der Waals surface area contributed by atoms with Crippen LogP contribution in [0.2, 0.25) is 0 Å². The van der Waals surface area contributed by atoms with Crippen LogP contribution in [0, 0.1) is 27.7 Å². The van der Waals surface area contributed by atoms with Crippen molar-refractivity contribution >= 4 is 99.5 Å². The van der Waals surface area contributed by atoms with Gasteiger partial charge in [-0.3, -0.25) is 0 Å². The molecule has 0 saturated carbocycles. The van der Waals surface area contributed by atoms with Crippen molar-refractivity contribution in [1.82, 2.24) is 0 Å². The first-order chi connectivity index (χ1) is 43.8. The monoisotopic (exact) mass is 1140 g/mol. The molecule has 0 fully saturated rings. The molecule has 0 amide bonds. The van der Waals surface area contributed by atoms with Crippen LogP contribution in [0.1, 0.15) is 44.5 Å². The molecule has 4 heteroatoms. The lowest BCUT2D eigenvalue weighted by atomic mass is 9.67. The molecule has 0 bridgehead atoms. The van der Waals surface area contributed by atoms with E-state index in [4.69, 9.17) is 8.83 Å². The summed E-state index contributed by atoms with van der Waals surface area (Å²) >= 11 is 0. The molecule has 0 N–H and O–H groups in total. The van der Waals surface area contributed by atoms with Crippen LogP contribution in [0.25, 0.3) is 98.8 Å². The summed E-state index contributed by atoms with van der Waals surface area (Å²) in [6, 6.07) is 107. The molecule has 0 aliphatic heterocycles. The second-order valence-electron chi connectivity index (χ2n) is 24.0. The van der Waals surface area contributed by atoms with Crippen molar-refractivity contribution in [3.8, 4) is 33.4 Å². The van der Waals surface area contributed by atoms with Crippen molar-refractivity contribution in [1.29, 1.82) is 0 Å². The van der Waals surface area contributed by atoms with Crippen molar-refractivity contribution in [2.24, 2.45) is 0 Å². The van der Waals surface area contributed by atoms with Crippen molar-refractivity contribution in [2.45, 2.75) is 33.1 Å². The number of nitrogens with zero attached hydrogens (tertiary/aromatic N) is 2. The van der Waals surface area contributed by atoms with Crippen molar-refractivity contribution < 1.29 is 8.83 Å². The fourth-order valence-electron chi connectivity index (χ4n) is 14.7. The number of benzene rings is 14. The average molecular weight is 1140 g/mol. The fourth-order valence-corrected chi connectivity index (χ4v) is 14.7. The highest BCUT2D eigenvalue weighted by Gasteiger charge is 2.49. The zero-order chi connectivity index (χ0) is 59.5. The highest BCUT2D eigenvalue weighted by atomic mass is 16.3. The van der Waals surface area contributed by atoms with Gasteiger partial charge in [0.2, 0.25) is 0 Å². The van der Waals surface area contributed by atoms with Crippen LogP contribution in [0.15, 0.2) is 300 Å². The summed E-state index contributed by atoms with van der Waals surface area (Å²) in [6.45, 7) is 8.84. The van der Waals surface area contributed by atoms with Gasteiger partial charge in [0.1, 0.15) is 11.2 Å². The summed E-state index contributed by atoms with van der Waals surface area (Å²) in [7, 11) is 0. The highest BCUT2D eigenvalue weighted by Crippen LogP contribution is 2.63. The molecule has 17 rings (SSSR count). The van der Waals surface area contributed by atoms with E-state index in [-0.39, 0.29) is 0 Å². The highest BCUT2D eigenvalue weighted by molar-refractivity contribution is 6.21. The van der Waals surface area contributed by atoms with Gasteiger partial charge in [-0.05, 0) is 154 Å². The summed E-state index contributed by atoms with van der Waals surface area (Å²) in [5.74, 6) is 0. The van der Waals surface area contributed by atoms with Gasteiger partial charge in [-0.2, -0.15) is 0 Å². The Bertz CT molecular complexity index is 5150. The molecular weight excluding hydrogens is 1080 g/mol. The first-order valence-electron chi connectivity index (χ1n) is 30.8. The van der Waals surface area contributed by atoms with Crippen molar-refractivity contribution in [3.63, 3.8) is 0 Å². The Labute approximate surface area is 517 Å². The third-order valence-corrected chi connectivity index (χ3v) is 19.2. The quantitative estimate of drug-likeness (QED) is 0.137. The zero-order valence-corrected chi connectivity index (χ0v) is 49.9. The van der Waals surface area contributed by atoms with E-state index in [1.54, 1.807) is 0 Å².